The van der Waals surface area contributed by atoms with Gasteiger partial charge >= 0.3 is 0 Å². The summed E-state index contributed by atoms with van der Waals surface area (Å²) in [5.41, 5.74) is 4.80. The molecule has 0 amide bonds. The first-order chi connectivity index (χ1) is 6.18. The number of hydrogen-bond donors (Lipinski definition) is 2. The first-order valence-corrected chi connectivity index (χ1v) is 4.65. The molecule has 1 unspecified atom stereocenters. The Balaban J connectivity index is 0. The molecule has 15 heavy (non-hydrogen) atoms. The molecule has 1 aromatic heterocycles. The van der Waals surface area contributed by atoms with Crippen molar-refractivity contribution < 1.29 is 35.4 Å². The van der Waals surface area contributed by atoms with Crippen LogP contribution in [0.3, 0.4) is 0 Å². The summed E-state index contributed by atoms with van der Waals surface area (Å²) in [4.78, 5) is 6.36. The smallest absolute Gasteiger partial charge is 0.224 e. The van der Waals surface area contributed by atoms with Crippen molar-refractivity contribution in [3.8, 4) is 0 Å². The van der Waals surface area contributed by atoms with E-state index in [0.29, 0.717) is 0 Å². The topological polar surface area (TPSA) is 45.0 Å². The third-order valence-corrected chi connectivity index (χ3v) is 1.85. The number of thiocarbonyl (C=S) groups is 1. The number of rotatable bonds is 4. The summed E-state index contributed by atoms with van der Waals surface area (Å²) < 4.78 is 0. The molecule has 0 aromatic carbocycles. The molecule has 4 N–H and O–H groups in total. The molecule has 1 atom stereocenters. The summed E-state index contributed by atoms with van der Waals surface area (Å²) in [6.07, 6.45) is 1.81. The molecule has 0 aliphatic heterocycles. The zero-order valence-corrected chi connectivity index (χ0v) is 10.9. The average Bonchev–Trinajstić information content (AvgIpc) is 2.04. The van der Waals surface area contributed by atoms with Gasteiger partial charge in [0.15, 0.2) is 6.54 Å². The minimum absolute atomic E-state index is 0. The second-order valence-electron chi connectivity index (χ2n) is 3.17. The van der Waals surface area contributed by atoms with Crippen molar-refractivity contribution in [3.05, 3.63) is 30.1 Å². The van der Waals surface area contributed by atoms with Crippen LogP contribution in [0.2, 0.25) is 0 Å². The summed E-state index contributed by atoms with van der Waals surface area (Å²) in [6, 6.07) is 5.94. The minimum Gasteiger partial charge on any atom is -1.00 e. The third kappa shape index (κ3) is 7.64. The van der Waals surface area contributed by atoms with Gasteiger partial charge in [0, 0.05) is 6.20 Å². The fourth-order valence-corrected chi connectivity index (χ4v) is 1.46. The van der Waals surface area contributed by atoms with Crippen LogP contribution in [0.4, 0.5) is 0 Å². The van der Waals surface area contributed by atoms with Gasteiger partial charge in [0.2, 0.25) is 4.99 Å². The zero-order chi connectivity index (χ0) is 9.68. The fourth-order valence-electron chi connectivity index (χ4n) is 1.21. The van der Waals surface area contributed by atoms with Crippen molar-refractivity contribution >= 4 is 17.2 Å². The Bertz CT molecular complexity index is 282. The van der Waals surface area contributed by atoms with E-state index in [2.05, 4.69) is 17.8 Å². The maximum Gasteiger partial charge on any atom is 0.224 e. The quantitative estimate of drug-likeness (QED) is 0.533. The van der Waals surface area contributed by atoms with Crippen molar-refractivity contribution in [2.45, 2.75) is 6.54 Å². The summed E-state index contributed by atoms with van der Waals surface area (Å²) in [5.74, 6) is 0. The summed E-state index contributed by atoms with van der Waals surface area (Å²) in [6.45, 7) is 1.72. The molecule has 0 bridgehead atoms. The molecule has 0 radical (unpaired) electrons. The van der Waals surface area contributed by atoms with Crippen LogP contribution >= 0.6 is 12.2 Å². The number of likely N-dealkylation sites (N-methyl/N-ethyl adjacent to an activating group) is 1. The Kier molecular flexibility index (Phi) is 10.3. The molecular formula is C9H15Cl2N3S. The standard InChI is InChI=1S/C9H13N3S.2ClH/c1-12(7-9(10)13)6-8-4-2-3-5-11-8;;/h2-5H,6-7H2,1H3,(H2,10,13);2*1H. The molecule has 1 heterocycles. The summed E-state index contributed by atoms with van der Waals surface area (Å²) in [7, 11) is 2.09. The highest BCUT2D eigenvalue weighted by molar-refractivity contribution is 7.79. The van der Waals surface area contributed by atoms with Crippen LogP contribution in [0.25, 0.3) is 0 Å². The molecular weight excluding hydrogens is 253 g/mol. The Morgan fingerprint density at radius 2 is 2.13 bits per heavy atom. The van der Waals surface area contributed by atoms with Crippen molar-refractivity contribution in [3.63, 3.8) is 0 Å². The van der Waals surface area contributed by atoms with Gasteiger partial charge in [0.25, 0.3) is 0 Å². The second-order valence-corrected chi connectivity index (χ2v) is 3.75. The van der Waals surface area contributed by atoms with Gasteiger partial charge in [0.05, 0.1) is 12.7 Å². The lowest BCUT2D eigenvalue weighted by Crippen LogP contribution is -3.10. The zero-order valence-electron chi connectivity index (χ0n) is 8.54. The molecule has 3 nitrogen and oxygen atoms in total. The predicted octanol–water partition coefficient (Wildman–Crippen LogP) is -7.33. The SMILES string of the molecule is C[NH+](CC([NH3+])=S)Cc1ccccn1.[Cl-].[Cl-]. The lowest BCUT2D eigenvalue weighted by molar-refractivity contribution is -0.886. The molecule has 86 valence electrons. The first-order valence-electron chi connectivity index (χ1n) is 4.24. The van der Waals surface area contributed by atoms with E-state index in [1.165, 1.54) is 4.90 Å². The van der Waals surface area contributed by atoms with Gasteiger partial charge in [-0.3, -0.25) is 4.98 Å². The monoisotopic (exact) mass is 267 g/mol. The Morgan fingerprint density at radius 3 is 2.60 bits per heavy atom. The van der Waals surface area contributed by atoms with Crippen molar-refractivity contribution in [1.82, 2.24) is 4.98 Å². The number of halogens is 2. The van der Waals surface area contributed by atoms with E-state index in [0.717, 1.165) is 23.8 Å². The molecule has 0 aliphatic rings. The maximum absolute atomic E-state index is 4.94. The van der Waals surface area contributed by atoms with E-state index in [1.54, 1.807) is 0 Å². The van der Waals surface area contributed by atoms with Crippen molar-refractivity contribution in [2.75, 3.05) is 13.6 Å². The molecule has 1 rings (SSSR count). The number of pyridine rings is 1. The highest BCUT2D eigenvalue weighted by Gasteiger charge is 2.06. The lowest BCUT2D eigenvalue weighted by atomic mass is 10.3. The minimum atomic E-state index is 0. The molecule has 0 saturated carbocycles. The highest BCUT2D eigenvalue weighted by atomic mass is 35.5. The van der Waals surface area contributed by atoms with Crippen LogP contribution in [-0.4, -0.2) is 23.6 Å². The maximum atomic E-state index is 4.94. The highest BCUT2D eigenvalue weighted by Crippen LogP contribution is 1.88. The normalized spacial score (nSPS) is 10.8. The number of nitrogens with one attached hydrogen (secondary N) is 1. The molecule has 0 spiro atoms. The number of nitrogens with zero attached hydrogens (tertiary/aromatic N) is 1. The first kappa shape index (κ1) is 17.1. The van der Waals surface area contributed by atoms with E-state index < -0.39 is 0 Å². The second kappa shape index (κ2) is 9.00. The number of quaternary nitrogens is 2. The Morgan fingerprint density at radius 1 is 1.47 bits per heavy atom. The Hall–Kier alpha value is -0.260. The summed E-state index contributed by atoms with van der Waals surface area (Å²) >= 11 is 4.94. The molecule has 0 fully saturated rings. The average molecular weight is 268 g/mol. The van der Waals surface area contributed by atoms with E-state index >= 15 is 0 Å². The molecule has 0 saturated heterocycles. The van der Waals surface area contributed by atoms with Crippen molar-refractivity contribution in [2.24, 2.45) is 0 Å². The Labute approximate surface area is 108 Å². The van der Waals surface area contributed by atoms with Crippen LogP contribution in [-0.2, 0) is 6.54 Å². The largest absolute Gasteiger partial charge is 1.00 e. The van der Waals surface area contributed by atoms with Crippen LogP contribution in [0.1, 0.15) is 5.69 Å². The van der Waals surface area contributed by atoms with Crippen molar-refractivity contribution in [1.29, 1.82) is 0 Å². The van der Waals surface area contributed by atoms with Gasteiger partial charge < -0.3 is 35.4 Å². The van der Waals surface area contributed by atoms with Gasteiger partial charge in [-0.1, -0.05) is 6.07 Å². The summed E-state index contributed by atoms with van der Waals surface area (Å²) in [5, 5.41) is 0. The predicted molar refractivity (Wildman–Crippen MR) is 55.2 cm³/mol. The van der Waals surface area contributed by atoms with Crippen LogP contribution < -0.4 is 35.4 Å². The van der Waals surface area contributed by atoms with E-state index in [4.69, 9.17) is 12.2 Å². The van der Waals surface area contributed by atoms with Crippen LogP contribution in [0.5, 0.6) is 0 Å². The van der Waals surface area contributed by atoms with Gasteiger partial charge in [-0.2, -0.15) is 0 Å². The number of hydrogen-bond acceptors (Lipinski definition) is 2. The molecule has 6 heteroatoms. The third-order valence-electron chi connectivity index (χ3n) is 1.71. The van der Waals surface area contributed by atoms with E-state index in [-0.39, 0.29) is 24.8 Å². The molecule has 0 aliphatic carbocycles. The fraction of sp³-hybridized carbons (Fsp3) is 0.333. The van der Waals surface area contributed by atoms with Gasteiger partial charge in [-0.05, 0) is 24.4 Å². The van der Waals surface area contributed by atoms with Gasteiger partial charge in [-0.15, -0.1) is 0 Å². The van der Waals surface area contributed by atoms with Gasteiger partial charge in [0.1, 0.15) is 6.54 Å². The van der Waals surface area contributed by atoms with E-state index in [9.17, 15) is 0 Å². The van der Waals surface area contributed by atoms with Crippen LogP contribution in [0, 0.1) is 0 Å². The molecule has 1 aromatic rings. The van der Waals surface area contributed by atoms with Gasteiger partial charge in [-0.25, -0.2) is 0 Å². The lowest BCUT2D eigenvalue weighted by Gasteiger charge is -2.10. The number of aromatic nitrogens is 1. The van der Waals surface area contributed by atoms with E-state index in [1.807, 2.05) is 24.4 Å². The van der Waals surface area contributed by atoms with Crippen LogP contribution in [0.15, 0.2) is 24.4 Å².